The minimum absolute atomic E-state index is 0.00171. The van der Waals surface area contributed by atoms with Crippen molar-refractivity contribution in [2.45, 2.75) is 82.3 Å². The number of nitrogens with zero attached hydrogens (tertiary/aromatic N) is 5. The minimum atomic E-state index is -2.54. The molecule has 47 heavy (non-hydrogen) atoms. The van der Waals surface area contributed by atoms with Gasteiger partial charge in [-0.3, -0.25) is 9.48 Å². The lowest BCUT2D eigenvalue weighted by Crippen LogP contribution is -2.40. The highest BCUT2D eigenvalue weighted by molar-refractivity contribution is 6.71. The number of carbonyl (C=O) groups is 1. The molecule has 9 nitrogen and oxygen atoms in total. The zero-order chi connectivity index (χ0) is 33.0. The quantitative estimate of drug-likeness (QED) is 0.184. The molecule has 3 aromatic carbocycles. The number of hydrazone groups is 1. The summed E-state index contributed by atoms with van der Waals surface area (Å²) in [6.07, 6.45) is 5.23. The third-order valence-electron chi connectivity index (χ3n) is 9.67. The Kier molecular flexibility index (Phi) is 10.1. The van der Waals surface area contributed by atoms with Crippen LogP contribution in [0.2, 0.25) is 18.6 Å². The topological polar surface area (TPSA) is 113 Å². The number of ether oxygens (including phenoxy) is 1. The molecule has 1 aromatic heterocycles. The molecule has 0 bridgehead atoms. The van der Waals surface area contributed by atoms with E-state index in [0.717, 1.165) is 46.6 Å². The van der Waals surface area contributed by atoms with E-state index in [4.69, 9.17) is 9.84 Å². The van der Waals surface area contributed by atoms with Crippen molar-refractivity contribution in [3.05, 3.63) is 114 Å². The first-order valence-corrected chi connectivity index (χ1v) is 19.7. The van der Waals surface area contributed by atoms with Crippen LogP contribution in [0.3, 0.4) is 0 Å². The lowest BCUT2D eigenvalue weighted by Gasteiger charge is -2.30. The summed E-state index contributed by atoms with van der Waals surface area (Å²) in [7, 11) is -2.54. The van der Waals surface area contributed by atoms with Crippen molar-refractivity contribution in [3.8, 4) is 0 Å². The summed E-state index contributed by atoms with van der Waals surface area (Å²) < 4.78 is 8.54. The molecule has 4 aromatic rings. The number of aromatic nitrogens is 3. The fourth-order valence-electron chi connectivity index (χ4n) is 7.32. The Morgan fingerprint density at radius 2 is 1.70 bits per heavy atom. The van der Waals surface area contributed by atoms with Crippen LogP contribution in [0.15, 0.2) is 96.2 Å². The Bertz CT molecular complexity index is 1670. The molecule has 10 heteroatoms. The molecular formula is C37H45N5O4Si. The predicted molar refractivity (Wildman–Crippen MR) is 186 cm³/mol. The minimum Gasteiger partial charge on any atom is -0.432 e. The van der Waals surface area contributed by atoms with E-state index in [9.17, 15) is 14.7 Å². The summed E-state index contributed by atoms with van der Waals surface area (Å²) in [6.45, 7) is 6.80. The lowest BCUT2D eigenvalue weighted by molar-refractivity contribution is -0.118. The highest BCUT2D eigenvalue weighted by Crippen LogP contribution is 2.45. The first kappa shape index (κ1) is 33.0. The number of amides is 1. The van der Waals surface area contributed by atoms with Gasteiger partial charge in [0.25, 0.3) is 0 Å². The van der Waals surface area contributed by atoms with Crippen molar-refractivity contribution in [2.75, 3.05) is 11.6 Å². The van der Waals surface area contributed by atoms with Crippen LogP contribution < -0.4 is 5.01 Å². The second-order valence-electron chi connectivity index (χ2n) is 13.4. The molecule has 246 valence electrons. The van der Waals surface area contributed by atoms with Gasteiger partial charge in [0.2, 0.25) is 5.91 Å². The number of hydrogen-bond donors (Lipinski definition) is 2. The maximum absolute atomic E-state index is 12.9. The molecule has 1 unspecified atom stereocenters. The van der Waals surface area contributed by atoms with Gasteiger partial charge in [-0.1, -0.05) is 84.9 Å². The Morgan fingerprint density at radius 3 is 2.43 bits per heavy atom. The van der Waals surface area contributed by atoms with E-state index in [1.807, 2.05) is 96.8 Å². The van der Waals surface area contributed by atoms with Crippen molar-refractivity contribution < 1.29 is 19.4 Å². The van der Waals surface area contributed by atoms with Gasteiger partial charge >= 0.3 is 0 Å². The number of rotatable bonds is 12. The summed E-state index contributed by atoms with van der Waals surface area (Å²) in [5, 5.41) is 25.1. The van der Waals surface area contributed by atoms with Crippen molar-refractivity contribution in [1.82, 2.24) is 15.0 Å². The van der Waals surface area contributed by atoms with Gasteiger partial charge in [0.1, 0.15) is 0 Å². The third kappa shape index (κ3) is 7.62. The van der Waals surface area contributed by atoms with Crippen LogP contribution >= 0.6 is 0 Å². The molecule has 0 saturated carbocycles. The molecule has 1 amide bonds. The lowest BCUT2D eigenvalue weighted by atomic mass is 9.95. The number of aryl methyl sites for hydroxylation is 2. The Labute approximate surface area is 278 Å². The number of anilines is 1. The highest BCUT2D eigenvalue weighted by Gasteiger charge is 2.49. The van der Waals surface area contributed by atoms with E-state index in [1.54, 1.807) is 5.01 Å². The molecular weight excluding hydrogens is 607 g/mol. The standard InChI is InChI=1S/C37H45N5O4Si/c1-26-34(19-17-27-11-10-16-30(23-27)42-36(44)20-18-32(39-42)29-14-8-5-9-15-29)46-35(37(26)47(2,3)45)21-22-41-24-33(38-40-41)31(25-43)28-12-6-4-7-13-28/h4-16,23-24,26,31,34-35,37,43,45H,17-22,25H2,1-3H3/t26-,31?,34+,35-,37+/m1/s1. The van der Waals surface area contributed by atoms with Crippen molar-refractivity contribution in [2.24, 2.45) is 11.0 Å². The van der Waals surface area contributed by atoms with E-state index in [-0.39, 0.29) is 42.1 Å². The van der Waals surface area contributed by atoms with E-state index in [2.05, 4.69) is 29.4 Å². The second-order valence-corrected chi connectivity index (χ2v) is 17.4. The van der Waals surface area contributed by atoms with Gasteiger partial charge in [-0.05, 0) is 67.1 Å². The van der Waals surface area contributed by atoms with Gasteiger partial charge in [0, 0.05) is 31.1 Å². The molecule has 1 saturated heterocycles. The van der Waals surface area contributed by atoms with E-state index in [1.165, 1.54) is 0 Å². The number of aliphatic hydroxyl groups is 1. The summed E-state index contributed by atoms with van der Waals surface area (Å²) in [5.74, 6) is -0.0144. The third-order valence-corrected chi connectivity index (χ3v) is 12.2. The molecule has 6 rings (SSSR count). The maximum Gasteiger partial charge on any atom is 0.247 e. The molecule has 5 atom stereocenters. The smallest absolute Gasteiger partial charge is 0.247 e. The Hall–Kier alpha value is -3.96. The molecule has 1 fully saturated rings. The van der Waals surface area contributed by atoms with Gasteiger partial charge in [0.15, 0.2) is 8.32 Å². The SMILES string of the molecule is C[C@H]1[C@H]([Si](C)(C)O)[C@@H](CCn2cc(C(CO)c3ccccc3)nn2)O[C@H]1CCc1cccc(N2N=C(c3ccccc3)CCC2=O)c1. The van der Waals surface area contributed by atoms with E-state index in [0.29, 0.717) is 25.8 Å². The van der Waals surface area contributed by atoms with Crippen molar-refractivity contribution in [1.29, 1.82) is 0 Å². The van der Waals surface area contributed by atoms with Crippen LogP contribution in [0.1, 0.15) is 60.9 Å². The van der Waals surface area contributed by atoms with Gasteiger partial charge in [-0.15, -0.1) is 5.10 Å². The summed E-state index contributed by atoms with van der Waals surface area (Å²) in [5.41, 5.74) is 5.70. The number of aliphatic hydroxyl groups excluding tert-OH is 1. The summed E-state index contributed by atoms with van der Waals surface area (Å²) in [6, 6.07) is 28.0. The Balaban J connectivity index is 1.11. The molecule has 0 spiro atoms. The second kappa shape index (κ2) is 14.4. The average Bonchev–Trinajstić information content (AvgIpc) is 3.68. The maximum atomic E-state index is 12.9. The molecule has 3 heterocycles. The van der Waals surface area contributed by atoms with E-state index < -0.39 is 8.32 Å². The van der Waals surface area contributed by atoms with Crippen LogP contribution in [0.4, 0.5) is 5.69 Å². The number of benzene rings is 3. The van der Waals surface area contributed by atoms with Crippen LogP contribution in [-0.4, -0.2) is 63.6 Å². The normalized spacial score (nSPS) is 22.4. The zero-order valence-electron chi connectivity index (χ0n) is 27.4. The van der Waals surface area contributed by atoms with Crippen LogP contribution in [0, 0.1) is 5.92 Å². The van der Waals surface area contributed by atoms with E-state index >= 15 is 0 Å². The largest absolute Gasteiger partial charge is 0.432 e. The zero-order valence-corrected chi connectivity index (χ0v) is 28.4. The van der Waals surface area contributed by atoms with Crippen LogP contribution in [0.25, 0.3) is 0 Å². The first-order chi connectivity index (χ1) is 22.7. The molecule has 2 N–H and O–H groups in total. The van der Waals surface area contributed by atoms with Crippen LogP contribution in [-0.2, 0) is 22.5 Å². The summed E-state index contributed by atoms with van der Waals surface area (Å²) in [4.78, 5) is 24.2. The van der Waals surface area contributed by atoms with Gasteiger partial charge < -0.3 is 14.6 Å². The van der Waals surface area contributed by atoms with Gasteiger partial charge in [-0.2, -0.15) is 5.10 Å². The number of carbonyl (C=O) groups excluding carboxylic acids is 1. The first-order valence-electron chi connectivity index (χ1n) is 16.7. The van der Waals surface area contributed by atoms with Gasteiger partial charge in [0.05, 0.1) is 41.8 Å². The predicted octanol–water partition coefficient (Wildman–Crippen LogP) is 5.93. The van der Waals surface area contributed by atoms with Gasteiger partial charge in [-0.25, -0.2) is 5.01 Å². The molecule has 2 aliphatic heterocycles. The average molecular weight is 652 g/mol. The van der Waals surface area contributed by atoms with Crippen molar-refractivity contribution >= 4 is 25.6 Å². The summed E-state index contributed by atoms with van der Waals surface area (Å²) >= 11 is 0. The molecule has 0 aliphatic carbocycles. The monoisotopic (exact) mass is 651 g/mol. The number of hydrogen-bond acceptors (Lipinski definition) is 7. The fourth-order valence-corrected chi connectivity index (χ4v) is 9.98. The molecule has 2 aliphatic rings. The van der Waals surface area contributed by atoms with Crippen molar-refractivity contribution in [3.63, 3.8) is 0 Å². The fraction of sp³-hybridized carbons (Fsp3) is 0.405. The molecule has 0 radical (unpaired) electrons. The van der Waals surface area contributed by atoms with Crippen LogP contribution in [0.5, 0.6) is 0 Å². The highest BCUT2D eigenvalue weighted by atomic mass is 28.4. The Morgan fingerprint density at radius 1 is 0.957 bits per heavy atom.